The van der Waals surface area contributed by atoms with Gasteiger partial charge in [0.2, 0.25) is 12.4 Å². The van der Waals surface area contributed by atoms with Crippen LogP contribution < -0.4 is 0 Å². The van der Waals surface area contributed by atoms with Crippen molar-refractivity contribution in [3.8, 4) is 6.07 Å². The molecule has 6 aliphatic rings. The van der Waals surface area contributed by atoms with Crippen LogP contribution in [0.15, 0.2) is 23.3 Å². The molecule has 14 nitrogen and oxygen atoms in total. The van der Waals surface area contributed by atoms with Gasteiger partial charge < -0.3 is 28.4 Å². The Hall–Kier alpha value is -4.38. The van der Waals surface area contributed by atoms with Crippen molar-refractivity contribution in [2.75, 3.05) is 6.61 Å². The highest BCUT2D eigenvalue weighted by atomic mass is 16.7. The summed E-state index contributed by atoms with van der Waals surface area (Å²) in [5, 5.41) is 10.1. The van der Waals surface area contributed by atoms with Crippen molar-refractivity contribution >= 4 is 41.4 Å². The fourth-order valence-corrected chi connectivity index (χ4v) is 12.5. The van der Waals surface area contributed by atoms with E-state index >= 15 is 9.59 Å². The predicted molar refractivity (Wildman–Crippen MR) is 207 cm³/mol. The third-order valence-corrected chi connectivity index (χ3v) is 15.4. The number of hydrogen-bond acceptors (Lipinski definition) is 14. The van der Waals surface area contributed by atoms with Crippen LogP contribution in [0, 0.1) is 61.6 Å². The number of nitrogens with zero attached hydrogens (tertiary/aromatic N) is 1. The average Bonchev–Trinajstić information content (AvgIpc) is 3.11. The van der Waals surface area contributed by atoms with Gasteiger partial charge in [-0.1, -0.05) is 60.1 Å². The van der Waals surface area contributed by atoms with E-state index in [1.54, 1.807) is 12.2 Å². The summed E-state index contributed by atoms with van der Waals surface area (Å²) >= 11 is 0. The van der Waals surface area contributed by atoms with Crippen LogP contribution in [0.2, 0.25) is 0 Å². The highest BCUT2D eigenvalue weighted by molar-refractivity contribution is 6.04. The number of fused-ring (bicyclic) bond motifs is 7. The first-order valence-electron chi connectivity index (χ1n) is 20.7. The molecule has 5 aliphatic carbocycles. The molecule has 6 rings (SSSR count). The first kappa shape index (κ1) is 44.2. The summed E-state index contributed by atoms with van der Waals surface area (Å²) in [6, 6.07) is 2.14. The highest BCUT2D eigenvalue weighted by Crippen LogP contribution is 2.74. The Morgan fingerprint density at radius 3 is 1.97 bits per heavy atom. The Labute approximate surface area is 346 Å². The van der Waals surface area contributed by atoms with E-state index < -0.39 is 106 Å². The molecule has 59 heavy (non-hydrogen) atoms. The molecule has 1 aliphatic heterocycles. The number of esters is 5. The zero-order chi connectivity index (χ0) is 43.8. The number of hydrogen-bond donors (Lipinski definition) is 0. The molecule has 0 radical (unpaired) electrons. The molecule has 0 N–H and O–H groups in total. The third-order valence-electron chi connectivity index (χ3n) is 15.4. The van der Waals surface area contributed by atoms with Crippen LogP contribution in [0.3, 0.4) is 0 Å². The number of allylic oxidation sites excluding steroid dienone is 4. The van der Waals surface area contributed by atoms with Gasteiger partial charge >= 0.3 is 29.8 Å². The smallest absolute Gasteiger partial charge is 0.314 e. The second-order valence-corrected chi connectivity index (χ2v) is 19.9. The highest BCUT2D eigenvalue weighted by Gasteiger charge is 2.71. The van der Waals surface area contributed by atoms with Gasteiger partial charge in [0.15, 0.2) is 23.8 Å². The van der Waals surface area contributed by atoms with Gasteiger partial charge in [-0.2, -0.15) is 5.26 Å². The van der Waals surface area contributed by atoms with Gasteiger partial charge in [-0.3, -0.25) is 33.6 Å². The molecule has 322 valence electrons. The summed E-state index contributed by atoms with van der Waals surface area (Å²) in [5.74, 6) is -5.26. The second-order valence-electron chi connectivity index (χ2n) is 19.9. The van der Waals surface area contributed by atoms with Crippen molar-refractivity contribution < 1.29 is 62.0 Å². The van der Waals surface area contributed by atoms with Crippen LogP contribution in [-0.2, 0) is 62.0 Å². The summed E-state index contributed by atoms with van der Waals surface area (Å²) in [6.45, 7) is 18.5. The van der Waals surface area contributed by atoms with Crippen molar-refractivity contribution in [3.63, 3.8) is 0 Å². The summed E-state index contributed by atoms with van der Waals surface area (Å²) in [6.07, 6.45) is -0.108. The monoisotopic (exact) mass is 821 g/mol. The van der Waals surface area contributed by atoms with Crippen molar-refractivity contribution in [3.05, 3.63) is 23.3 Å². The first-order chi connectivity index (χ1) is 27.3. The van der Waals surface area contributed by atoms with Crippen LogP contribution in [-0.4, -0.2) is 78.7 Å². The minimum atomic E-state index is -1.69. The Morgan fingerprint density at radius 2 is 1.37 bits per heavy atom. The number of nitriles is 1. The number of carbonyl (C=O) groups excluding carboxylic acids is 7. The maximum Gasteiger partial charge on any atom is 0.314 e. The molecule has 0 amide bonds. The molecule has 0 spiro atoms. The number of Topliss-reactive ketones (excluding diaryl/α,β-unsaturated/α-hetero) is 1. The molecule has 0 aromatic heterocycles. The molecule has 1 saturated heterocycles. The molecule has 14 heteroatoms. The summed E-state index contributed by atoms with van der Waals surface area (Å²) in [5.41, 5.74) is -3.06. The Balaban J connectivity index is 1.42. The number of ether oxygens (including phenoxy) is 6. The van der Waals surface area contributed by atoms with Crippen LogP contribution in [0.1, 0.15) is 121 Å². The van der Waals surface area contributed by atoms with Crippen molar-refractivity contribution in [1.82, 2.24) is 0 Å². The van der Waals surface area contributed by atoms with Gasteiger partial charge in [0.05, 0.1) is 11.0 Å². The van der Waals surface area contributed by atoms with Gasteiger partial charge in [-0.05, 0) is 79.1 Å². The number of ketones is 2. The molecule has 1 heterocycles. The van der Waals surface area contributed by atoms with E-state index in [-0.39, 0.29) is 28.5 Å². The average molecular weight is 822 g/mol. The second kappa shape index (κ2) is 15.0. The fourth-order valence-electron chi connectivity index (χ4n) is 12.5. The Kier molecular flexibility index (Phi) is 11.2. The van der Waals surface area contributed by atoms with Gasteiger partial charge in [0.25, 0.3) is 0 Å². The van der Waals surface area contributed by atoms with E-state index in [1.807, 2.05) is 13.8 Å². The predicted octanol–water partition coefficient (Wildman–Crippen LogP) is 5.83. The van der Waals surface area contributed by atoms with Crippen LogP contribution in [0.5, 0.6) is 0 Å². The van der Waals surface area contributed by atoms with Crippen molar-refractivity contribution in [2.45, 2.75) is 152 Å². The minimum absolute atomic E-state index is 0.102. The van der Waals surface area contributed by atoms with Gasteiger partial charge in [-0.25, -0.2) is 0 Å². The van der Waals surface area contributed by atoms with Crippen LogP contribution in [0.4, 0.5) is 0 Å². The number of rotatable bonds is 7. The summed E-state index contributed by atoms with van der Waals surface area (Å²) < 4.78 is 34.4. The van der Waals surface area contributed by atoms with Crippen molar-refractivity contribution in [1.29, 1.82) is 5.26 Å². The number of carbonyl (C=O) groups is 7. The standard InChI is InChI=1S/C45H59NO13/c1-23(47)54-22-30-34(55-24(2)48)35(56-25(3)49)36(57-26(4)50)38(58-30)59-39(53)45-16-14-40(5,6)20-28(45)33-29(51)18-32-42(9)19-27(21-46)37(52)41(7,8)31(42)12-13-43(32,10)44(33,11)15-17-45/h18-19,28,30-31,33-36,38H,12-17,20,22H2,1-11H3/t28-,30+,31-,33-,34+,35-,36+,38-,42-,43+,44+,45-/m0/s1. The molecule has 0 bridgehead atoms. The first-order valence-corrected chi connectivity index (χ1v) is 20.7. The zero-order valence-corrected chi connectivity index (χ0v) is 36.2. The van der Waals surface area contributed by atoms with E-state index in [0.717, 1.165) is 26.3 Å². The molecule has 0 unspecified atom stereocenters. The lowest BCUT2D eigenvalue weighted by Crippen LogP contribution is -2.67. The van der Waals surface area contributed by atoms with Crippen LogP contribution >= 0.6 is 0 Å². The van der Waals surface area contributed by atoms with Crippen molar-refractivity contribution in [2.24, 2.45) is 50.2 Å². The van der Waals surface area contributed by atoms with Gasteiger partial charge in [0, 0.05) is 44.4 Å². The maximum atomic E-state index is 15.2. The lowest BCUT2D eigenvalue weighted by molar-refractivity contribution is -0.305. The van der Waals surface area contributed by atoms with E-state index in [2.05, 4.69) is 40.7 Å². The lowest BCUT2D eigenvalue weighted by Gasteiger charge is -2.68. The van der Waals surface area contributed by atoms with Gasteiger partial charge in [-0.15, -0.1) is 0 Å². The van der Waals surface area contributed by atoms with E-state index in [1.165, 1.54) is 6.92 Å². The van der Waals surface area contributed by atoms with E-state index in [0.29, 0.717) is 44.9 Å². The maximum absolute atomic E-state index is 15.2. The third kappa shape index (κ3) is 7.12. The van der Waals surface area contributed by atoms with E-state index in [9.17, 15) is 29.2 Å². The van der Waals surface area contributed by atoms with E-state index in [4.69, 9.17) is 28.4 Å². The fraction of sp³-hybridized carbons (Fsp3) is 0.733. The molecule has 0 aromatic rings. The topological polar surface area (TPSA) is 199 Å². The summed E-state index contributed by atoms with van der Waals surface area (Å²) in [4.78, 5) is 92.9. The lowest BCUT2D eigenvalue weighted by atomic mass is 9.34. The summed E-state index contributed by atoms with van der Waals surface area (Å²) in [7, 11) is 0. The zero-order valence-electron chi connectivity index (χ0n) is 36.2. The molecular weight excluding hydrogens is 762 g/mol. The molecule has 3 saturated carbocycles. The SMILES string of the molecule is CC(=O)OC[C@H]1O[C@@H](OC(=O)[C@]23CCC(C)(C)C[C@H]2[C@H]2C(=O)C=C4[C@@]5(C)C=C(C#N)C(=O)C(C)(C)[C@@H]5CC[C@@]4(C)[C@]2(C)CC3)[C@H](OC(C)=O)[C@@H](OC(C)=O)[C@@H]1OC(C)=O. The largest absolute Gasteiger partial charge is 0.463 e. The molecule has 0 aromatic carbocycles. The molecule has 4 fully saturated rings. The Morgan fingerprint density at radius 1 is 0.780 bits per heavy atom. The quantitative estimate of drug-likeness (QED) is 0.219. The Bertz CT molecular complexity index is 1960. The molecule has 12 atom stereocenters. The molecular formula is C45H59NO13. The minimum Gasteiger partial charge on any atom is -0.463 e. The van der Waals surface area contributed by atoms with Crippen LogP contribution in [0.25, 0.3) is 0 Å². The van der Waals surface area contributed by atoms with Gasteiger partial charge in [0.1, 0.15) is 18.8 Å². The normalized spacial score (nSPS) is 40.4.